The van der Waals surface area contributed by atoms with Crippen molar-refractivity contribution in [3.05, 3.63) is 71.3 Å². The van der Waals surface area contributed by atoms with E-state index in [4.69, 9.17) is 0 Å². The van der Waals surface area contributed by atoms with Gasteiger partial charge in [0, 0.05) is 39.0 Å². The van der Waals surface area contributed by atoms with Gasteiger partial charge in [-0.1, -0.05) is 24.3 Å². The molecule has 3 heterocycles. The van der Waals surface area contributed by atoms with Gasteiger partial charge in [-0.05, 0) is 23.3 Å². The van der Waals surface area contributed by atoms with Gasteiger partial charge in [-0.2, -0.15) is 10.2 Å². The van der Waals surface area contributed by atoms with E-state index in [0.29, 0.717) is 6.54 Å². The zero-order valence-electron chi connectivity index (χ0n) is 15.5. The van der Waals surface area contributed by atoms with E-state index in [2.05, 4.69) is 55.4 Å². The predicted octanol–water partition coefficient (Wildman–Crippen LogP) is 1.78. The maximum atomic E-state index is 11.1. The molecule has 4 rings (SSSR count). The van der Waals surface area contributed by atoms with Crippen LogP contribution in [0, 0.1) is 0 Å². The number of benzene rings is 1. The Morgan fingerprint density at radius 2 is 1.93 bits per heavy atom. The fraction of sp³-hybridized carbons (Fsp3) is 0.350. The number of rotatable bonds is 6. The van der Waals surface area contributed by atoms with E-state index in [9.17, 15) is 4.79 Å². The maximum Gasteiger partial charge on any atom is 0.217 e. The van der Waals surface area contributed by atoms with Crippen LogP contribution in [0.2, 0.25) is 0 Å². The second-order valence-electron chi connectivity index (χ2n) is 6.99. The van der Waals surface area contributed by atoms with E-state index in [1.54, 1.807) is 6.20 Å². The van der Waals surface area contributed by atoms with Crippen LogP contribution in [-0.4, -0.2) is 36.9 Å². The Morgan fingerprint density at radius 1 is 1.15 bits per heavy atom. The van der Waals surface area contributed by atoms with E-state index in [1.165, 1.54) is 23.7 Å². The Bertz CT molecular complexity index is 897. The Morgan fingerprint density at radius 3 is 2.63 bits per heavy atom. The molecule has 7 nitrogen and oxygen atoms in total. The zero-order valence-corrected chi connectivity index (χ0v) is 15.5. The molecule has 3 aromatic rings. The van der Waals surface area contributed by atoms with Crippen LogP contribution in [0.4, 0.5) is 0 Å². The first-order valence-corrected chi connectivity index (χ1v) is 9.23. The number of aromatic nitrogens is 4. The third kappa shape index (κ3) is 4.43. The summed E-state index contributed by atoms with van der Waals surface area (Å²) in [5.74, 6) is -0.0291. The Hall–Kier alpha value is -2.93. The summed E-state index contributed by atoms with van der Waals surface area (Å²) in [6.45, 7) is 6.48. The molecule has 1 N–H and O–H groups in total. The van der Waals surface area contributed by atoms with Crippen molar-refractivity contribution in [2.24, 2.45) is 0 Å². The number of carbonyl (C=O) groups excluding carboxylic acids is 1. The lowest BCUT2D eigenvalue weighted by atomic mass is 10.1. The highest BCUT2D eigenvalue weighted by molar-refractivity contribution is 5.72. The van der Waals surface area contributed by atoms with Crippen molar-refractivity contribution < 1.29 is 4.79 Å². The molecule has 0 spiro atoms. The van der Waals surface area contributed by atoms with Gasteiger partial charge in [-0.25, -0.2) is 0 Å². The molecule has 1 aliphatic rings. The molecule has 1 aromatic carbocycles. The Kier molecular flexibility index (Phi) is 5.02. The van der Waals surface area contributed by atoms with E-state index in [-0.39, 0.29) is 5.91 Å². The first-order valence-electron chi connectivity index (χ1n) is 9.23. The first-order chi connectivity index (χ1) is 13.2. The van der Waals surface area contributed by atoms with Gasteiger partial charge in [0.25, 0.3) is 0 Å². The first kappa shape index (κ1) is 17.5. The van der Waals surface area contributed by atoms with Crippen LogP contribution < -0.4 is 5.32 Å². The van der Waals surface area contributed by atoms with Crippen LogP contribution in [0.5, 0.6) is 0 Å². The second kappa shape index (κ2) is 7.75. The van der Waals surface area contributed by atoms with E-state index in [1.807, 2.05) is 16.9 Å². The molecule has 7 heteroatoms. The van der Waals surface area contributed by atoms with Crippen molar-refractivity contribution in [3.8, 4) is 0 Å². The van der Waals surface area contributed by atoms with Gasteiger partial charge in [0.05, 0.1) is 31.0 Å². The highest BCUT2D eigenvalue weighted by atomic mass is 16.1. The molecule has 0 fully saturated rings. The second-order valence-corrected chi connectivity index (χ2v) is 6.99. The lowest BCUT2D eigenvalue weighted by Gasteiger charge is -2.27. The van der Waals surface area contributed by atoms with Crippen LogP contribution in [0.25, 0.3) is 0 Å². The third-order valence-corrected chi connectivity index (χ3v) is 4.78. The normalized spacial score (nSPS) is 14.1. The van der Waals surface area contributed by atoms with E-state index in [0.717, 1.165) is 38.4 Å². The summed E-state index contributed by atoms with van der Waals surface area (Å²) in [5.41, 5.74) is 4.69. The van der Waals surface area contributed by atoms with Gasteiger partial charge in [-0.3, -0.25) is 19.1 Å². The average molecular weight is 364 g/mol. The van der Waals surface area contributed by atoms with Crippen molar-refractivity contribution in [3.63, 3.8) is 0 Å². The molecule has 0 saturated carbocycles. The molecule has 0 atom stereocenters. The molecule has 2 aromatic heterocycles. The minimum Gasteiger partial charge on any atom is -0.351 e. The quantitative estimate of drug-likeness (QED) is 0.724. The standard InChI is InChI=1S/C20H24N6O/c1-16(27)21-12-19-11-20-15-24(9-10-26(20)23-19)13-17-3-5-18(6-4-17)14-25-8-2-7-22-25/h2-8,11H,9-10,12-15H2,1H3,(H,21,27). The average Bonchev–Trinajstić information content (AvgIpc) is 3.30. The van der Waals surface area contributed by atoms with Crippen LogP contribution in [0.3, 0.4) is 0 Å². The molecule has 0 bridgehead atoms. The van der Waals surface area contributed by atoms with Crippen LogP contribution in [0.15, 0.2) is 48.8 Å². The highest BCUT2D eigenvalue weighted by Gasteiger charge is 2.18. The largest absolute Gasteiger partial charge is 0.351 e. The number of fused-ring (bicyclic) bond motifs is 1. The van der Waals surface area contributed by atoms with Gasteiger partial charge >= 0.3 is 0 Å². The van der Waals surface area contributed by atoms with Gasteiger partial charge in [-0.15, -0.1) is 0 Å². The highest BCUT2D eigenvalue weighted by Crippen LogP contribution is 2.17. The molecule has 0 aliphatic carbocycles. The molecule has 0 saturated heterocycles. The summed E-state index contributed by atoms with van der Waals surface area (Å²) in [4.78, 5) is 13.5. The number of hydrogen-bond acceptors (Lipinski definition) is 4. The van der Waals surface area contributed by atoms with Gasteiger partial charge < -0.3 is 5.32 Å². The number of nitrogens with one attached hydrogen (secondary N) is 1. The summed E-state index contributed by atoms with van der Waals surface area (Å²) in [7, 11) is 0. The molecular weight excluding hydrogens is 340 g/mol. The minimum atomic E-state index is -0.0291. The third-order valence-electron chi connectivity index (χ3n) is 4.78. The summed E-state index contributed by atoms with van der Waals surface area (Å²) >= 11 is 0. The maximum absolute atomic E-state index is 11.1. The topological polar surface area (TPSA) is 68.0 Å². The number of amides is 1. The van der Waals surface area contributed by atoms with Crippen molar-refractivity contribution in [2.75, 3.05) is 6.54 Å². The lowest BCUT2D eigenvalue weighted by Crippen LogP contribution is -2.33. The SMILES string of the molecule is CC(=O)NCc1cc2n(n1)CCN(Cc1ccc(Cn3cccn3)cc1)C2. The van der Waals surface area contributed by atoms with Gasteiger partial charge in [0.2, 0.25) is 5.91 Å². The zero-order chi connectivity index (χ0) is 18.6. The molecule has 27 heavy (non-hydrogen) atoms. The number of carbonyl (C=O) groups is 1. The summed E-state index contributed by atoms with van der Waals surface area (Å²) in [5, 5.41) is 11.6. The Labute approximate surface area is 158 Å². The fourth-order valence-corrected chi connectivity index (χ4v) is 3.41. The molecule has 0 unspecified atom stereocenters. The van der Waals surface area contributed by atoms with Crippen molar-refractivity contribution in [1.82, 2.24) is 29.8 Å². The molecule has 1 aliphatic heterocycles. The monoisotopic (exact) mass is 364 g/mol. The van der Waals surface area contributed by atoms with Crippen molar-refractivity contribution >= 4 is 5.91 Å². The number of nitrogens with zero attached hydrogens (tertiary/aromatic N) is 5. The van der Waals surface area contributed by atoms with Gasteiger partial charge in [0.15, 0.2) is 0 Å². The van der Waals surface area contributed by atoms with Crippen molar-refractivity contribution in [1.29, 1.82) is 0 Å². The summed E-state index contributed by atoms with van der Waals surface area (Å²) in [6, 6.07) is 12.8. The fourth-order valence-electron chi connectivity index (χ4n) is 3.41. The van der Waals surface area contributed by atoms with Crippen molar-refractivity contribution in [2.45, 2.75) is 39.6 Å². The summed E-state index contributed by atoms with van der Waals surface area (Å²) in [6.07, 6.45) is 3.78. The van der Waals surface area contributed by atoms with E-state index < -0.39 is 0 Å². The van der Waals surface area contributed by atoms with Gasteiger partial charge in [0.1, 0.15) is 0 Å². The Balaban J connectivity index is 1.34. The minimum absolute atomic E-state index is 0.0291. The summed E-state index contributed by atoms with van der Waals surface area (Å²) < 4.78 is 3.99. The van der Waals surface area contributed by atoms with Crippen LogP contribution in [-0.2, 0) is 37.5 Å². The van der Waals surface area contributed by atoms with Crippen LogP contribution in [0.1, 0.15) is 29.4 Å². The number of hydrogen-bond donors (Lipinski definition) is 1. The lowest BCUT2D eigenvalue weighted by molar-refractivity contribution is -0.119. The molecule has 0 radical (unpaired) electrons. The van der Waals surface area contributed by atoms with Crippen LogP contribution >= 0.6 is 0 Å². The molecular formula is C20H24N6O. The van der Waals surface area contributed by atoms with E-state index >= 15 is 0 Å². The molecule has 140 valence electrons. The molecule has 1 amide bonds. The predicted molar refractivity (Wildman–Crippen MR) is 102 cm³/mol. The smallest absolute Gasteiger partial charge is 0.217 e.